The average molecular weight is 468 g/mol. The highest BCUT2D eigenvalue weighted by Gasteiger charge is 2.33. The maximum atomic E-state index is 12.9. The monoisotopic (exact) mass is 467 g/mol. The third-order valence-corrected chi connectivity index (χ3v) is 5.39. The summed E-state index contributed by atoms with van der Waals surface area (Å²) < 4.78 is 12.3. The van der Waals surface area contributed by atoms with Gasteiger partial charge in [0.15, 0.2) is 11.5 Å². The molecule has 2 aliphatic rings. The van der Waals surface area contributed by atoms with E-state index >= 15 is 0 Å². The van der Waals surface area contributed by atoms with E-state index in [9.17, 15) is 9.59 Å². The molecule has 0 aliphatic carbocycles. The minimum absolute atomic E-state index is 0.107. The number of carbonyl (C=O) groups excluding carboxylic acids is 2. The molecule has 0 spiro atoms. The van der Waals surface area contributed by atoms with Crippen molar-refractivity contribution in [1.82, 2.24) is 30.2 Å². The minimum Gasteiger partial charge on any atom is -0.454 e. The molecular weight excluding hydrogens is 450 g/mol. The van der Waals surface area contributed by atoms with Crippen molar-refractivity contribution in [2.45, 2.75) is 12.6 Å². The quantitative estimate of drug-likeness (QED) is 0.415. The number of imidazole rings is 1. The second kappa shape index (κ2) is 8.91. The zero-order valence-corrected chi connectivity index (χ0v) is 18.0. The summed E-state index contributed by atoms with van der Waals surface area (Å²) >= 11 is 6.20. The lowest BCUT2D eigenvalue weighted by Gasteiger charge is -2.34. The van der Waals surface area contributed by atoms with E-state index in [-0.39, 0.29) is 30.1 Å². The molecule has 1 amide bonds. The molecule has 0 radical (unpaired) electrons. The van der Waals surface area contributed by atoms with Gasteiger partial charge in [0.25, 0.3) is 0 Å². The van der Waals surface area contributed by atoms with E-state index in [0.29, 0.717) is 36.4 Å². The van der Waals surface area contributed by atoms with Crippen LogP contribution in [0.15, 0.2) is 48.7 Å². The molecule has 2 N–H and O–H groups in total. The number of nitrogens with zero attached hydrogens (tertiary/aromatic N) is 5. The van der Waals surface area contributed by atoms with Crippen molar-refractivity contribution in [2.75, 3.05) is 24.8 Å². The number of halogens is 1. The number of rotatable bonds is 5. The fourth-order valence-corrected chi connectivity index (χ4v) is 3.80. The van der Waals surface area contributed by atoms with Gasteiger partial charge in [0, 0.05) is 38.1 Å². The topological polar surface area (TPSA) is 124 Å². The Morgan fingerprint density at radius 2 is 2.15 bits per heavy atom. The van der Waals surface area contributed by atoms with Crippen molar-refractivity contribution in [1.29, 1.82) is 0 Å². The molecule has 3 aromatic rings. The number of hydrogen-bond acceptors (Lipinski definition) is 9. The van der Waals surface area contributed by atoms with Crippen LogP contribution >= 0.6 is 11.6 Å². The van der Waals surface area contributed by atoms with Gasteiger partial charge in [-0.15, -0.1) is 0 Å². The lowest BCUT2D eigenvalue weighted by Crippen LogP contribution is -2.56. The largest absolute Gasteiger partial charge is 0.454 e. The third kappa shape index (κ3) is 4.24. The van der Waals surface area contributed by atoms with Crippen LogP contribution in [0, 0.1) is 0 Å². The number of aromatic nitrogens is 4. The van der Waals surface area contributed by atoms with Crippen LogP contribution in [-0.4, -0.2) is 57.3 Å². The van der Waals surface area contributed by atoms with Crippen molar-refractivity contribution in [2.24, 2.45) is 0 Å². The van der Waals surface area contributed by atoms with Crippen LogP contribution in [0.3, 0.4) is 0 Å². The Balaban J connectivity index is 1.34. The minimum atomic E-state index is -0.907. The van der Waals surface area contributed by atoms with Gasteiger partial charge in [0.2, 0.25) is 18.6 Å². The lowest BCUT2D eigenvalue weighted by atomic mass is 10.1. The number of piperazine rings is 1. The summed E-state index contributed by atoms with van der Waals surface area (Å²) in [6.45, 7) is 1.27. The first-order valence-corrected chi connectivity index (χ1v) is 10.5. The summed E-state index contributed by atoms with van der Waals surface area (Å²) in [7, 11) is 0. The molecule has 2 aliphatic heterocycles. The molecule has 1 saturated heterocycles. The number of nitrogens with one attached hydrogen (secondary N) is 2. The van der Waals surface area contributed by atoms with Crippen molar-refractivity contribution < 1.29 is 19.1 Å². The zero-order valence-electron chi connectivity index (χ0n) is 17.2. The van der Waals surface area contributed by atoms with Crippen LogP contribution in [0.4, 0.5) is 5.82 Å². The molecule has 168 valence electrons. The first kappa shape index (κ1) is 21.0. The van der Waals surface area contributed by atoms with Crippen molar-refractivity contribution in [3.8, 4) is 17.4 Å². The molecule has 33 heavy (non-hydrogen) atoms. The molecule has 12 heteroatoms. The van der Waals surface area contributed by atoms with E-state index in [2.05, 4.69) is 25.6 Å². The van der Waals surface area contributed by atoms with Gasteiger partial charge < -0.3 is 19.7 Å². The molecule has 0 bridgehead atoms. The summed E-state index contributed by atoms with van der Waals surface area (Å²) in [4.78, 5) is 39.1. The number of ether oxygens (including phenoxy) is 2. The number of benzene rings is 1. The molecule has 2 aromatic heterocycles. The number of fused-ring (bicyclic) bond motifs is 1. The number of hydrogen-bond donors (Lipinski definition) is 2. The Morgan fingerprint density at radius 3 is 2.97 bits per heavy atom. The van der Waals surface area contributed by atoms with Crippen molar-refractivity contribution >= 4 is 29.3 Å². The Hall–Kier alpha value is -3.92. The SMILES string of the molecule is O=C=C1C(C(=O)NCc2ccc3c(c2)OCO3)NCCN1c1cc(Cl)nc(-n2ccnc2)n1. The zero-order chi connectivity index (χ0) is 22.8. The fourth-order valence-electron chi connectivity index (χ4n) is 3.63. The van der Waals surface area contributed by atoms with Gasteiger partial charge in [-0.05, 0) is 17.7 Å². The predicted molar refractivity (Wildman–Crippen MR) is 117 cm³/mol. The van der Waals surface area contributed by atoms with Crippen LogP contribution in [0.5, 0.6) is 11.5 Å². The molecule has 1 unspecified atom stereocenters. The Kier molecular flexibility index (Phi) is 5.66. The second-order valence-corrected chi connectivity index (χ2v) is 7.64. The Morgan fingerprint density at radius 1 is 1.27 bits per heavy atom. The maximum Gasteiger partial charge on any atom is 0.244 e. The first-order chi connectivity index (χ1) is 16.1. The summed E-state index contributed by atoms with van der Waals surface area (Å²) in [6.07, 6.45) is 4.80. The summed E-state index contributed by atoms with van der Waals surface area (Å²) in [5, 5.41) is 6.10. The second-order valence-electron chi connectivity index (χ2n) is 7.25. The highest BCUT2D eigenvalue weighted by atomic mass is 35.5. The molecule has 11 nitrogen and oxygen atoms in total. The summed E-state index contributed by atoms with van der Waals surface area (Å²) in [6, 6.07) is 6.06. The van der Waals surface area contributed by atoms with E-state index < -0.39 is 6.04 Å². The van der Waals surface area contributed by atoms with Gasteiger partial charge in [0.1, 0.15) is 35.0 Å². The Labute approximate surface area is 193 Å². The van der Waals surface area contributed by atoms with Crippen LogP contribution in [0.2, 0.25) is 5.15 Å². The predicted octanol–water partition coefficient (Wildman–Crippen LogP) is 0.854. The number of amides is 1. The molecule has 1 atom stereocenters. The van der Waals surface area contributed by atoms with E-state index in [4.69, 9.17) is 21.1 Å². The maximum absolute atomic E-state index is 12.9. The standard InChI is InChI=1S/C21H18ClN7O4/c22-17-8-18(27-21(26-17)28-5-3-23-11-28)29-6-4-24-19(14(29)10-30)20(31)25-9-13-1-2-15-16(7-13)33-12-32-15/h1-3,5,7-8,11,19,24H,4,6,9,12H2,(H,25,31). The van der Waals surface area contributed by atoms with Gasteiger partial charge in [-0.1, -0.05) is 17.7 Å². The highest BCUT2D eigenvalue weighted by Crippen LogP contribution is 2.32. The van der Waals surface area contributed by atoms with Gasteiger partial charge in [-0.3, -0.25) is 14.7 Å². The summed E-state index contributed by atoms with van der Waals surface area (Å²) in [5.74, 6) is 3.50. The molecule has 1 fully saturated rings. The van der Waals surface area contributed by atoms with Gasteiger partial charge in [-0.2, -0.15) is 4.98 Å². The van der Waals surface area contributed by atoms with E-state index in [1.165, 1.54) is 12.4 Å². The fraction of sp³-hybridized carbons (Fsp3) is 0.238. The smallest absolute Gasteiger partial charge is 0.244 e. The van der Waals surface area contributed by atoms with Crippen LogP contribution in [0.25, 0.3) is 5.95 Å². The van der Waals surface area contributed by atoms with Gasteiger partial charge in [0.05, 0.1) is 0 Å². The van der Waals surface area contributed by atoms with Gasteiger partial charge in [-0.25, -0.2) is 14.8 Å². The molecular formula is C21H18ClN7O4. The van der Waals surface area contributed by atoms with E-state index in [0.717, 1.165) is 5.56 Å². The normalized spacial score (nSPS) is 17.1. The number of anilines is 1. The first-order valence-electron chi connectivity index (χ1n) is 10.1. The van der Waals surface area contributed by atoms with Crippen molar-refractivity contribution in [3.63, 3.8) is 0 Å². The average Bonchev–Trinajstić information content (AvgIpc) is 3.53. The lowest BCUT2D eigenvalue weighted by molar-refractivity contribution is -0.122. The van der Waals surface area contributed by atoms with E-state index in [1.807, 2.05) is 12.0 Å². The van der Waals surface area contributed by atoms with Gasteiger partial charge >= 0.3 is 0 Å². The molecule has 0 saturated carbocycles. The molecule has 1 aromatic carbocycles. The Bertz CT molecular complexity index is 1240. The molecule has 4 heterocycles. The summed E-state index contributed by atoms with van der Waals surface area (Å²) in [5.41, 5.74) is 0.945. The number of carbonyl (C=O) groups is 1. The molecule has 5 rings (SSSR count). The third-order valence-electron chi connectivity index (χ3n) is 5.20. The van der Waals surface area contributed by atoms with Crippen LogP contribution in [-0.2, 0) is 16.1 Å². The van der Waals surface area contributed by atoms with Crippen molar-refractivity contribution in [3.05, 3.63) is 59.4 Å². The van der Waals surface area contributed by atoms with Crippen LogP contribution < -0.4 is 25.0 Å². The van der Waals surface area contributed by atoms with Crippen LogP contribution in [0.1, 0.15) is 5.56 Å². The van der Waals surface area contributed by atoms with E-state index in [1.54, 1.807) is 34.0 Å². The highest BCUT2D eigenvalue weighted by molar-refractivity contribution is 6.29.